The van der Waals surface area contributed by atoms with E-state index in [4.69, 9.17) is 0 Å². The molecule has 0 aromatic heterocycles. The summed E-state index contributed by atoms with van der Waals surface area (Å²) in [6.45, 7) is 5.10. The van der Waals surface area contributed by atoms with Crippen LogP contribution in [-0.4, -0.2) is 53.4 Å². The highest BCUT2D eigenvalue weighted by molar-refractivity contribution is 7.91. The van der Waals surface area contributed by atoms with Gasteiger partial charge in [-0.1, -0.05) is 36.4 Å². The van der Waals surface area contributed by atoms with Crippen molar-refractivity contribution in [1.82, 2.24) is 10.6 Å². The monoisotopic (exact) mass is 402 g/mol. The minimum Gasteiger partial charge on any atom is -0.372 e. The first-order valence-corrected chi connectivity index (χ1v) is 11.2. The summed E-state index contributed by atoms with van der Waals surface area (Å²) >= 11 is 0. The van der Waals surface area contributed by atoms with Crippen molar-refractivity contribution in [2.24, 2.45) is 4.99 Å². The maximum Gasteiger partial charge on any atom is 0.191 e. The van der Waals surface area contributed by atoms with Crippen molar-refractivity contribution >= 4 is 21.5 Å². The number of guanidine groups is 1. The molecule has 6 nitrogen and oxygen atoms in total. The van der Waals surface area contributed by atoms with Gasteiger partial charge in [-0.3, -0.25) is 4.99 Å². The SMILES string of the molecule is CCN(CCCNC(=NC)NCCS(=O)(=O)c1ccccc1)c1ccccc1. The number of benzene rings is 2. The largest absolute Gasteiger partial charge is 0.372 e. The maximum atomic E-state index is 12.3. The Bertz CT molecular complexity index is 824. The lowest BCUT2D eigenvalue weighted by Crippen LogP contribution is -2.40. The number of nitrogens with one attached hydrogen (secondary N) is 2. The van der Waals surface area contributed by atoms with Gasteiger partial charge in [0.25, 0.3) is 0 Å². The van der Waals surface area contributed by atoms with Gasteiger partial charge in [0.15, 0.2) is 15.8 Å². The van der Waals surface area contributed by atoms with Crippen LogP contribution in [-0.2, 0) is 9.84 Å². The van der Waals surface area contributed by atoms with Gasteiger partial charge < -0.3 is 15.5 Å². The molecule has 0 saturated heterocycles. The Labute approximate surface area is 168 Å². The van der Waals surface area contributed by atoms with E-state index >= 15 is 0 Å². The van der Waals surface area contributed by atoms with E-state index in [1.165, 1.54) is 5.69 Å². The lowest BCUT2D eigenvalue weighted by Gasteiger charge is -2.23. The zero-order valence-electron chi connectivity index (χ0n) is 16.6. The number of para-hydroxylation sites is 1. The Morgan fingerprint density at radius 3 is 2.18 bits per heavy atom. The van der Waals surface area contributed by atoms with Crippen molar-refractivity contribution in [1.29, 1.82) is 0 Å². The number of anilines is 1. The lowest BCUT2D eigenvalue weighted by molar-refractivity contribution is 0.594. The van der Waals surface area contributed by atoms with Crippen LogP contribution >= 0.6 is 0 Å². The minimum atomic E-state index is -3.29. The van der Waals surface area contributed by atoms with Crippen LogP contribution in [0.4, 0.5) is 5.69 Å². The van der Waals surface area contributed by atoms with Crippen LogP contribution in [0.15, 0.2) is 70.6 Å². The standard InChI is InChI=1S/C21H30N4O2S/c1-3-25(19-11-6-4-7-12-19)17-10-15-23-21(22-2)24-16-18-28(26,27)20-13-8-5-9-14-20/h4-9,11-14H,3,10,15-18H2,1-2H3,(H2,22,23,24). The maximum absolute atomic E-state index is 12.3. The van der Waals surface area contributed by atoms with Crippen LogP contribution in [0, 0.1) is 0 Å². The summed E-state index contributed by atoms with van der Waals surface area (Å²) in [5, 5.41) is 6.32. The summed E-state index contributed by atoms with van der Waals surface area (Å²) in [5.74, 6) is 0.640. The summed E-state index contributed by atoms with van der Waals surface area (Å²) in [6.07, 6.45) is 0.950. The van der Waals surface area contributed by atoms with Crippen molar-refractivity contribution in [2.45, 2.75) is 18.2 Å². The Balaban J connectivity index is 1.71. The summed E-state index contributed by atoms with van der Waals surface area (Å²) in [6, 6.07) is 18.9. The average Bonchev–Trinajstić information content (AvgIpc) is 2.73. The van der Waals surface area contributed by atoms with E-state index in [1.54, 1.807) is 37.4 Å². The molecule has 0 spiro atoms. The molecule has 0 saturated carbocycles. The number of aliphatic imine (C=N–C) groups is 1. The second-order valence-electron chi connectivity index (χ2n) is 6.33. The number of rotatable bonds is 10. The molecule has 2 rings (SSSR count). The van der Waals surface area contributed by atoms with Crippen LogP contribution < -0.4 is 15.5 Å². The van der Waals surface area contributed by atoms with E-state index in [9.17, 15) is 8.42 Å². The van der Waals surface area contributed by atoms with Gasteiger partial charge in [0.05, 0.1) is 10.6 Å². The van der Waals surface area contributed by atoms with E-state index in [-0.39, 0.29) is 5.75 Å². The van der Waals surface area contributed by atoms with Gasteiger partial charge in [-0.05, 0) is 37.6 Å². The molecule has 2 aromatic rings. The summed E-state index contributed by atoms with van der Waals surface area (Å²) in [7, 11) is -1.60. The highest BCUT2D eigenvalue weighted by Gasteiger charge is 2.13. The second-order valence-corrected chi connectivity index (χ2v) is 8.44. The smallest absolute Gasteiger partial charge is 0.191 e. The summed E-state index contributed by atoms with van der Waals surface area (Å²) < 4.78 is 24.6. The zero-order chi connectivity index (χ0) is 20.2. The van der Waals surface area contributed by atoms with Crippen molar-refractivity contribution in [2.75, 3.05) is 43.9 Å². The van der Waals surface area contributed by atoms with Crippen LogP contribution in [0.2, 0.25) is 0 Å². The molecule has 0 fully saturated rings. The van der Waals surface area contributed by atoms with E-state index in [0.717, 1.165) is 26.1 Å². The minimum absolute atomic E-state index is 0.0231. The van der Waals surface area contributed by atoms with Crippen molar-refractivity contribution in [3.05, 3.63) is 60.7 Å². The Morgan fingerprint density at radius 1 is 0.964 bits per heavy atom. The molecular weight excluding hydrogens is 372 g/mol. The van der Waals surface area contributed by atoms with Crippen LogP contribution in [0.5, 0.6) is 0 Å². The third kappa shape index (κ3) is 6.88. The first-order chi connectivity index (χ1) is 13.6. The Hall–Kier alpha value is -2.54. The normalized spacial score (nSPS) is 11.9. The number of sulfone groups is 1. The third-order valence-corrected chi connectivity index (χ3v) is 6.12. The fourth-order valence-electron chi connectivity index (χ4n) is 2.86. The number of nitrogens with zero attached hydrogens (tertiary/aromatic N) is 2. The number of hydrogen-bond donors (Lipinski definition) is 2. The molecule has 0 amide bonds. The molecule has 0 heterocycles. The summed E-state index contributed by atoms with van der Waals surface area (Å²) in [5.41, 5.74) is 1.22. The third-order valence-electron chi connectivity index (χ3n) is 4.39. The van der Waals surface area contributed by atoms with Gasteiger partial charge >= 0.3 is 0 Å². The van der Waals surface area contributed by atoms with Gasteiger partial charge in [-0.2, -0.15) is 0 Å². The first-order valence-electron chi connectivity index (χ1n) is 9.59. The van der Waals surface area contributed by atoms with Gasteiger partial charge in [0, 0.05) is 38.9 Å². The second kappa shape index (κ2) is 11.3. The first kappa shape index (κ1) is 21.8. The van der Waals surface area contributed by atoms with Crippen LogP contribution in [0.3, 0.4) is 0 Å². The molecule has 0 atom stereocenters. The zero-order valence-corrected chi connectivity index (χ0v) is 17.5. The predicted octanol–water partition coefficient (Wildman–Crippen LogP) is 2.54. The van der Waals surface area contributed by atoms with Gasteiger partial charge in [-0.25, -0.2) is 8.42 Å². The van der Waals surface area contributed by atoms with Gasteiger partial charge in [0.2, 0.25) is 0 Å². The molecule has 0 unspecified atom stereocenters. The fourth-order valence-corrected chi connectivity index (χ4v) is 4.03. The molecular formula is C21H30N4O2S. The molecule has 0 aliphatic carbocycles. The quantitative estimate of drug-likeness (QED) is 0.363. The van der Waals surface area contributed by atoms with E-state index in [1.807, 2.05) is 18.2 Å². The predicted molar refractivity (Wildman–Crippen MR) is 117 cm³/mol. The van der Waals surface area contributed by atoms with E-state index < -0.39 is 9.84 Å². The Morgan fingerprint density at radius 2 is 1.57 bits per heavy atom. The molecule has 0 aliphatic heterocycles. The molecule has 7 heteroatoms. The molecule has 152 valence electrons. The van der Waals surface area contributed by atoms with Gasteiger partial charge in [0.1, 0.15) is 0 Å². The van der Waals surface area contributed by atoms with Crippen molar-refractivity contribution in [3.63, 3.8) is 0 Å². The average molecular weight is 403 g/mol. The lowest BCUT2D eigenvalue weighted by atomic mass is 10.2. The molecule has 2 N–H and O–H groups in total. The van der Waals surface area contributed by atoms with E-state index in [2.05, 4.69) is 39.6 Å². The molecule has 0 radical (unpaired) electrons. The Kier molecular flexibility index (Phi) is 8.81. The van der Waals surface area contributed by atoms with Crippen molar-refractivity contribution in [3.8, 4) is 0 Å². The molecule has 28 heavy (non-hydrogen) atoms. The van der Waals surface area contributed by atoms with Crippen LogP contribution in [0.1, 0.15) is 13.3 Å². The topological polar surface area (TPSA) is 73.8 Å². The number of hydrogen-bond acceptors (Lipinski definition) is 4. The highest BCUT2D eigenvalue weighted by atomic mass is 32.2. The summed E-state index contributed by atoms with van der Waals surface area (Å²) in [4.78, 5) is 6.83. The van der Waals surface area contributed by atoms with Crippen molar-refractivity contribution < 1.29 is 8.42 Å². The van der Waals surface area contributed by atoms with Crippen LogP contribution in [0.25, 0.3) is 0 Å². The molecule has 0 bridgehead atoms. The highest BCUT2D eigenvalue weighted by Crippen LogP contribution is 2.12. The molecule has 2 aromatic carbocycles. The van der Waals surface area contributed by atoms with Gasteiger partial charge in [-0.15, -0.1) is 0 Å². The molecule has 0 aliphatic rings. The van der Waals surface area contributed by atoms with E-state index in [0.29, 0.717) is 17.4 Å². The fraction of sp³-hybridized carbons (Fsp3) is 0.381.